The first-order valence-electron chi connectivity index (χ1n) is 15.7. The fourth-order valence-corrected chi connectivity index (χ4v) is 4.79. The van der Waals surface area contributed by atoms with Gasteiger partial charge in [0.15, 0.2) is 5.05 Å². The fourth-order valence-electron chi connectivity index (χ4n) is 4.37. The number of amides is 4. The Kier molecular flexibility index (Phi) is 15.1. The molecule has 12 heteroatoms. The van der Waals surface area contributed by atoms with Gasteiger partial charge in [0.1, 0.15) is 35.6 Å². The second kappa shape index (κ2) is 18.2. The largest absolute Gasteiger partial charge is 0.492 e. The Balaban J connectivity index is 2.10. The molecule has 0 aromatic heterocycles. The lowest BCUT2D eigenvalue weighted by Crippen LogP contribution is -2.54. The first-order chi connectivity index (χ1) is 21.9. The van der Waals surface area contributed by atoms with Crippen LogP contribution in [0.25, 0.3) is 0 Å². The summed E-state index contributed by atoms with van der Waals surface area (Å²) in [5.74, 6) is -0.755. The monoisotopic (exact) mass is 670 g/mol. The molecule has 258 valence electrons. The third-order valence-electron chi connectivity index (χ3n) is 6.49. The van der Waals surface area contributed by atoms with E-state index in [2.05, 4.69) is 21.3 Å². The van der Waals surface area contributed by atoms with Gasteiger partial charge in [-0.25, -0.2) is 4.79 Å². The highest BCUT2D eigenvalue weighted by Crippen LogP contribution is 2.18. The van der Waals surface area contributed by atoms with E-state index in [1.54, 1.807) is 20.8 Å². The molecule has 0 aliphatic carbocycles. The lowest BCUT2D eigenvalue weighted by atomic mass is 10.0. The molecular weight excluding hydrogens is 620 g/mol. The fraction of sp³-hybridized carbons (Fsp3) is 0.514. The van der Waals surface area contributed by atoms with Crippen LogP contribution in [0.4, 0.5) is 4.79 Å². The van der Waals surface area contributed by atoms with Crippen molar-refractivity contribution < 1.29 is 33.4 Å². The molecule has 4 N–H and O–H groups in total. The molecule has 4 amide bonds. The average Bonchev–Trinajstić information content (AvgIpc) is 2.95. The van der Waals surface area contributed by atoms with Gasteiger partial charge in [-0.1, -0.05) is 36.4 Å². The Morgan fingerprint density at radius 1 is 0.830 bits per heavy atom. The van der Waals surface area contributed by atoms with E-state index in [1.807, 2.05) is 76.2 Å². The highest BCUT2D eigenvalue weighted by Gasteiger charge is 2.28. The number of nitrogens with one attached hydrogen (secondary N) is 4. The van der Waals surface area contributed by atoms with Crippen LogP contribution in [0.2, 0.25) is 0 Å². The maximum absolute atomic E-state index is 13.6. The van der Waals surface area contributed by atoms with Crippen LogP contribution in [-0.2, 0) is 36.8 Å². The van der Waals surface area contributed by atoms with E-state index in [-0.39, 0.29) is 37.1 Å². The van der Waals surface area contributed by atoms with Crippen LogP contribution < -0.4 is 26.0 Å². The summed E-state index contributed by atoms with van der Waals surface area (Å²) in [6, 6.07) is 13.3. The van der Waals surface area contributed by atoms with E-state index in [9.17, 15) is 19.2 Å². The lowest BCUT2D eigenvalue weighted by Gasteiger charge is -2.26. The second-order valence-electron chi connectivity index (χ2n) is 13.2. The van der Waals surface area contributed by atoms with Gasteiger partial charge < -0.3 is 35.5 Å². The zero-order valence-corrected chi connectivity index (χ0v) is 29.6. The van der Waals surface area contributed by atoms with Crippen molar-refractivity contribution in [2.24, 2.45) is 0 Å². The molecule has 2 rings (SSSR count). The van der Waals surface area contributed by atoms with E-state index in [0.717, 1.165) is 16.7 Å². The van der Waals surface area contributed by atoms with Crippen molar-refractivity contribution in [2.45, 2.75) is 104 Å². The summed E-state index contributed by atoms with van der Waals surface area (Å²) >= 11 is 5.35. The molecule has 0 aliphatic rings. The predicted molar refractivity (Wildman–Crippen MR) is 185 cm³/mol. The number of thiocarbonyl (C=S) groups is 1. The molecule has 0 unspecified atom stereocenters. The summed E-state index contributed by atoms with van der Waals surface area (Å²) in [5.41, 5.74) is 1.62. The second-order valence-corrected chi connectivity index (χ2v) is 13.7. The molecule has 2 aromatic rings. The Hall–Kier alpha value is -4.19. The Morgan fingerprint density at radius 2 is 1.49 bits per heavy atom. The summed E-state index contributed by atoms with van der Waals surface area (Å²) in [7, 11) is 0. The number of ether oxygens (including phenoxy) is 3. The highest BCUT2D eigenvalue weighted by molar-refractivity contribution is 7.80. The van der Waals surface area contributed by atoms with E-state index in [1.165, 1.54) is 6.92 Å². The highest BCUT2D eigenvalue weighted by atomic mass is 32.1. The molecular formula is C35H50N4O7S. The van der Waals surface area contributed by atoms with Crippen molar-refractivity contribution in [3.8, 4) is 5.75 Å². The van der Waals surface area contributed by atoms with Gasteiger partial charge in [-0.2, -0.15) is 0 Å². The molecule has 2 atom stereocenters. The van der Waals surface area contributed by atoms with Crippen LogP contribution >= 0.6 is 12.2 Å². The number of hydrogen-bond donors (Lipinski definition) is 4. The number of aryl methyl sites for hydroxylation is 2. The van der Waals surface area contributed by atoms with Gasteiger partial charge in [0.05, 0.1) is 6.54 Å². The third kappa shape index (κ3) is 16.3. The van der Waals surface area contributed by atoms with Gasteiger partial charge in [-0.3, -0.25) is 14.4 Å². The SMILES string of the molecule is CC(=O)N[C@@H](CC(=S)OC(C)(C)C)C(=O)N[C@@H](CCc1ccccc1)C(=O)NCc1cc(OCCNC(=O)OC(C)(C)C)ccc1C. The quantitative estimate of drug-likeness (QED) is 0.158. The Morgan fingerprint density at radius 3 is 2.11 bits per heavy atom. The van der Waals surface area contributed by atoms with E-state index in [0.29, 0.717) is 18.6 Å². The van der Waals surface area contributed by atoms with Crippen molar-refractivity contribution in [3.05, 3.63) is 65.2 Å². The van der Waals surface area contributed by atoms with Gasteiger partial charge in [0.25, 0.3) is 0 Å². The van der Waals surface area contributed by atoms with Crippen molar-refractivity contribution in [3.63, 3.8) is 0 Å². The molecule has 11 nitrogen and oxygen atoms in total. The number of hydrogen-bond acceptors (Lipinski definition) is 8. The van der Waals surface area contributed by atoms with Crippen LogP contribution in [-0.4, -0.2) is 65.3 Å². The number of benzene rings is 2. The number of carbonyl (C=O) groups is 4. The molecule has 0 radical (unpaired) electrons. The van der Waals surface area contributed by atoms with Crippen molar-refractivity contribution in [1.29, 1.82) is 0 Å². The van der Waals surface area contributed by atoms with Crippen LogP contribution in [0.15, 0.2) is 48.5 Å². The van der Waals surface area contributed by atoms with Gasteiger partial charge in [-0.15, -0.1) is 0 Å². The zero-order chi connectivity index (χ0) is 35.2. The minimum Gasteiger partial charge on any atom is -0.492 e. The Labute approximate surface area is 283 Å². The summed E-state index contributed by atoms with van der Waals surface area (Å²) in [6.45, 7) is 14.8. The summed E-state index contributed by atoms with van der Waals surface area (Å²) in [4.78, 5) is 50.8. The molecule has 0 fully saturated rings. The minimum atomic E-state index is -1.02. The first-order valence-corrected chi connectivity index (χ1v) is 16.1. The molecule has 0 heterocycles. The summed E-state index contributed by atoms with van der Waals surface area (Å²) < 4.78 is 16.7. The topological polar surface area (TPSA) is 144 Å². The third-order valence-corrected chi connectivity index (χ3v) is 6.74. The zero-order valence-electron chi connectivity index (χ0n) is 28.8. The van der Waals surface area contributed by atoms with Crippen molar-refractivity contribution in [1.82, 2.24) is 21.3 Å². The van der Waals surface area contributed by atoms with E-state index < -0.39 is 41.2 Å². The maximum Gasteiger partial charge on any atom is 0.407 e. The van der Waals surface area contributed by atoms with Crippen LogP contribution in [0.1, 0.15) is 78.0 Å². The molecule has 2 aromatic carbocycles. The smallest absolute Gasteiger partial charge is 0.407 e. The summed E-state index contributed by atoms with van der Waals surface area (Å²) in [5, 5.41) is 11.2. The molecule has 47 heavy (non-hydrogen) atoms. The van der Waals surface area contributed by atoms with Gasteiger partial charge >= 0.3 is 6.09 Å². The lowest BCUT2D eigenvalue weighted by molar-refractivity contribution is -0.131. The minimum absolute atomic E-state index is 0.0235. The number of alkyl carbamates (subject to hydrolysis) is 1. The Bertz CT molecular complexity index is 1370. The van der Waals surface area contributed by atoms with Crippen LogP contribution in [0.3, 0.4) is 0 Å². The van der Waals surface area contributed by atoms with Crippen molar-refractivity contribution >= 4 is 41.1 Å². The van der Waals surface area contributed by atoms with Crippen LogP contribution in [0.5, 0.6) is 5.75 Å². The number of rotatable bonds is 15. The maximum atomic E-state index is 13.6. The first kappa shape index (κ1) is 39.0. The molecule has 0 saturated carbocycles. The predicted octanol–water partition coefficient (Wildman–Crippen LogP) is 4.67. The van der Waals surface area contributed by atoms with E-state index >= 15 is 0 Å². The molecule has 0 bridgehead atoms. The standard InChI is InChI=1S/C35H50N4O7S/c1-23-14-16-27(44-19-18-36-33(43)46-35(6,7)8)20-26(23)22-37-31(41)28(17-15-25-12-10-9-11-13-25)39-32(42)29(38-24(2)40)21-30(47)45-34(3,4)5/h9-14,16,20,28-29H,15,17-19,21-22H2,1-8H3,(H,36,43)(H,37,41)(H,38,40)(H,39,42)/t28-,29-/m0/s1. The summed E-state index contributed by atoms with van der Waals surface area (Å²) in [6.07, 6.45) is 0.315. The van der Waals surface area contributed by atoms with Gasteiger partial charge in [0.2, 0.25) is 17.7 Å². The van der Waals surface area contributed by atoms with Crippen molar-refractivity contribution in [2.75, 3.05) is 13.2 Å². The van der Waals surface area contributed by atoms with Gasteiger partial charge in [-0.05, 0) is 102 Å². The molecule has 0 saturated heterocycles. The van der Waals surface area contributed by atoms with Crippen LogP contribution in [0, 0.1) is 6.92 Å². The van der Waals surface area contributed by atoms with Gasteiger partial charge in [0, 0.05) is 19.9 Å². The molecule has 0 aliphatic heterocycles. The van der Waals surface area contributed by atoms with E-state index in [4.69, 9.17) is 26.4 Å². The average molecular weight is 671 g/mol. The number of carbonyl (C=O) groups excluding carboxylic acids is 4. The normalized spacial score (nSPS) is 12.6. The molecule has 0 spiro atoms.